The molecule has 0 spiro atoms. The van der Waals surface area contributed by atoms with Gasteiger partial charge in [-0.25, -0.2) is 4.39 Å². The van der Waals surface area contributed by atoms with Crippen LogP contribution in [0, 0.1) is 11.7 Å². The number of hydrogen-bond acceptors (Lipinski definition) is 3. The summed E-state index contributed by atoms with van der Waals surface area (Å²) in [7, 11) is 0. The van der Waals surface area contributed by atoms with E-state index in [0.717, 1.165) is 12.8 Å². The molecule has 1 fully saturated rings. The molecule has 1 aromatic carbocycles. The van der Waals surface area contributed by atoms with Gasteiger partial charge in [-0.3, -0.25) is 9.59 Å². The lowest BCUT2D eigenvalue weighted by atomic mass is 9.99. The number of amides is 1. The van der Waals surface area contributed by atoms with Crippen LogP contribution < -0.4 is 10.3 Å². The third kappa shape index (κ3) is 4.68. The lowest BCUT2D eigenvalue weighted by Gasteiger charge is -2.32. The number of rotatable bonds is 5. The molecule has 0 unspecified atom stereocenters. The lowest BCUT2D eigenvalue weighted by molar-refractivity contribution is -0.133. The van der Waals surface area contributed by atoms with Crippen LogP contribution in [0.2, 0.25) is 0 Å². The van der Waals surface area contributed by atoms with E-state index in [4.69, 9.17) is 4.74 Å². The van der Waals surface area contributed by atoms with Crippen molar-refractivity contribution in [2.24, 2.45) is 5.92 Å². The molecule has 132 valence electrons. The fraction of sp³-hybridized carbons (Fsp3) is 0.368. The van der Waals surface area contributed by atoms with Crippen LogP contribution in [0.15, 0.2) is 53.5 Å². The summed E-state index contributed by atoms with van der Waals surface area (Å²) in [4.78, 5) is 26.0. The van der Waals surface area contributed by atoms with Crippen molar-refractivity contribution in [1.82, 2.24) is 9.47 Å². The number of benzene rings is 1. The molecule has 1 aliphatic heterocycles. The minimum absolute atomic E-state index is 0.0558. The van der Waals surface area contributed by atoms with E-state index < -0.39 is 0 Å². The van der Waals surface area contributed by atoms with Crippen LogP contribution >= 0.6 is 0 Å². The van der Waals surface area contributed by atoms with E-state index in [2.05, 4.69) is 0 Å². The van der Waals surface area contributed by atoms with Gasteiger partial charge in [0.2, 0.25) is 5.91 Å². The molecule has 3 rings (SSSR count). The molecule has 6 heteroatoms. The molecule has 1 saturated heterocycles. The first-order valence-electron chi connectivity index (χ1n) is 8.43. The molecular formula is C19H21FN2O3. The minimum atomic E-state index is -0.294. The highest BCUT2D eigenvalue weighted by Crippen LogP contribution is 2.19. The average molecular weight is 344 g/mol. The number of nitrogens with zero attached hydrogens (tertiary/aromatic N) is 2. The van der Waals surface area contributed by atoms with Gasteiger partial charge in [-0.1, -0.05) is 6.07 Å². The Morgan fingerprint density at radius 2 is 2.00 bits per heavy atom. The fourth-order valence-corrected chi connectivity index (χ4v) is 3.01. The number of ether oxygens (including phenoxy) is 1. The molecule has 0 saturated carbocycles. The number of aromatic nitrogens is 1. The van der Waals surface area contributed by atoms with Crippen molar-refractivity contribution in [2.75, 3.05) is 19.7 Å². The summed E-state index contributed by atoms with van der Waals surface area (Å²) in [6.45, 7) is 1.86. The van der Waals surface area contributed by atoms with Crippen molar-refractivity contribution >= 4 is 5.91 Å². The monoisotopic (exact) mass is 344 g/mol. The summed E-state index contributed by atoms with van der Waals surface area (Å²) >= 11 is 0. The molecule has 2 heterocycles. The predicted molar refractivity (Wildman–Crippen MR) is 91.9 cm³/mol. The van der Waals surface area contributed by atoms with Crippen LogP contribution in [-0.2, 0) is 11.3 Å². The number of pyridine rings is 1. The predicted octanol–water partition coefficient (Wildman–Crippen LogP) is 2.31. The summed E-state index contributed by atoms with van der Waals surface area (Å²) in [5.74, 6) is 0.508. The third-order valence-corrected chi connectivity index (χ3v) is 4.38. The Bertz CT molecular complexity index is 773. The van der Waals surface area contributed by atoms with Gasteiger partial charge < -0.3 is 14.2 Å². The van der Waals surface area contributed by atoms with Crippen molar-refractivity contribution in [3.63, 3.8) is 0 Å². The molecule has 5 nitrogen and oxygen atoms in total. The average Bonchev–Trinajstić information content (AvgIpc) is 2.63. The lowest BCUT2D eigenvalue weighted by Crippen LogP contribution is -2.43. The van der Waals surface area contributed by atoms with Crippen LogP contribution in [0.5, 0.6) is 5.75 Å². The number of carbonyl (C=O) groups is 1. The number of halogens is 1. The van der Waals surface area contributed by atoms with E-state index in [1.807, 2.05) is 0 Å². The summed E-state index contributed by atoms with van der Waals surface area (Å²) in [6, 6.07) is 10.8. The Hall–Kier alpha value is -2.63. The Kier molecular flexibility index (Phi) is 5.48. The maximum Gasteiger partial charge on any atom is 0.250 e. The standard InChI is InChI=1S/C19H21FN2O3/c20-16-6-8-17(9-7-16)25-14-15-4-3-11-21(12-15)19(24)13-22-10-2-1-5-18(22)23/h1-2,5-10,15H,3-4,11-14H2/t15-/m1/s1. The van der Waals surface area contributed by atoms with E-state index in [1.54, 1.807) is 35.4 Å². The summed E-state index contributed by atoms with van der Waals surface area (Å²) in [5.41, 5.74) is -0.177. The van der Waals surface area contributed by atoms with Gasteiger partial charge in [0, 0.05) is 31.3 Å². The molecule has 0 radical (unpaired) electrons. The highest BCUT2D eigenvalue weighted by Gasteiger charge is 2.24. The van der Waals surface area contributed by atoms with Crippen LogP contribution in [0.4, 0.5) is 4.39 Å². The third-order valence-electron chi connectivity index (χ3n) is 4.38. The maximum absolute atomic E-state index is 12.9. The Morgan fingerprint density at radius 3 is 2.76 bits per heavy atom. The molecule has 0 N–H and O–H groups in total. The second-order valence-corrected chi connectivity index (χ2v) is 6.28. The Balaban J connectivity index is 1.53. The van der Waals surface area contributed by atoms with Crippen molar-refractivity contribution in [3.8, 4) is 5.75 Å². The van der Waals surface area contributed by atoms with Crippen LogP contribution in [0.3, 0.4) is 0 Å². The summed E-state index contributed by atoms with van der Waals surface area (Å²) in [5, 5.41) is 0. The highest BCUT2D eigenvalue weighted by molar-refractivity contribution is 5.76. The van der Waals surface area contributed by atoms with Crippen LogP contribution in [0.1, 0.15) is 12.8 Å². The molecule has 1 aliphatic rings. The van der Waals surface area contributed by atoms with E-state index in [1.165, 1.54) is 22.8 Å². The van der Waals surface area contributed by atoms with Crippen molar-refractivity contribution in [2.45, 2.75) is 19.4 Å². The number of piperidine rings is 1. The summed E-state index contributed by atoms with van der Waals surface area (Å²) in [6.07, 6.45) is 3.52. The highest BCUT2D eigenvalue weighted by atomic mass is 19.1. The SMILES string of the molecule is O=C(Cn1ccccc1=O)N1CCC[C@@H](COc2ccc(F)cc2)C1. The first kappa shape index (κ1) is 17.2. The van der Waals surface area contributed by atoms with Gasteiger partial charge in [0.15, 0.2) is 0 Å². The van der Waals surface area contributed by atoms with Gasteiger partial charge in [-0.15, -0.1) is 0 Å². The Morgan fingerprint density at radius 1 is 1.20 bits per heavy atom. The van der Waals surface area contributed by atoms with Gasteiger partial charge in [-0.2, -0.15) is 0 Å². The van der Waals surface area contributed by atoms with E-state index in [9.17, 15) is 14.0 Å². The number of likely N-dealkylation sites (tertiary alicyclic amines) is 1. The normalized spacial score (nSPS) is 17.3. The maximum atomic E-state index is 12.9. The van der Waals surface area contributed by atoms with Gasteiger partial charge in [-0.05, 0) is 43.2 Å². The molecule has 1 atom stereocenters. The largest absolute Gasteiger partial charge is 0.493 e. The quantitative estimate of drug-likeness (QED) is 0.836. The molecular weight excluding hydrogens is 323 g/mol. The molecule has 0 aliphatic carbocycles. The molecule has 1 amide bonds. The second kappa shape index (κ2) is 7.96. The first-order valence-corrected chi connectivity index (χ1v) is 8.43. The van der Waals surface area contributed by atoms with Gasteiger partial charge in [0.25, 0.3) is 5.56 Å². The topological polar surface area (TPSA) is 51.5 Å². The van der Waals surface area contributed by atoms with Crippen LogP contribution in [-0.4, -0.2) is 35.1 Å². The smallest absolute Gasteiger partial charge is 0.250 e. The van der Waals surface area contributed by atoms with E-state index in [-0.39, 0.29) is 29.7 Å². The number of hydrogen-bond donors (Lipinski definition) is 0. The minimum Gasteiger partial charge on any atom is -0.493 e. The zero-order valence-electron chi connectivity index (χ0n) is 13.9. The van der Waals surface area contributed by atoms with Gasteiger partial charge >= 0.3 is 0 Å². The van der Waals surface area contributed by atoms with Gasteiger partial charge in [0.05, 0.1) is 6.61 Å². The molecule has 0 bridgehead atoms. The van der Waals surface area contributed by atoms with Crippen molar-refractivity contribution in [1.29, 1.82) is 0 Å². The van der Waals surface area contributed by atoms with E-state index in [0.29, 0.717) is 25.4 Å². The second-order valence-electron chi connectivity index (χ2n) is 6.28. The van der Waals surface area contributed by atoms with Gasteiger partial charge in [0.1, 0.15) is 18.1 Å². The Labute approximate surface area is 145 Å². The summed E-state index contributed by atoms with van der Waals surface area (Å²) < 4.78 is 20.0. The van der Waals surface area contributed by atoms with Crippen molar-refractivity contribution < 1.29 is 13.9 Å². The molecule has 2 aromatic rings. The zero-order valence-corrected chi connectivity index (χ0v) is 13.9. The fourth-order valence-electron chi connectivity index (χ4n) is 3.01. The molecule has 1 aromatic heterocycles. The zero-order chi connectivity index (χ0) is 17.6. The van der Waals surface area contributed by atoms with E-state index >= 15 is 0 Å². The van der Waals surface area contributed by atoms with Crippen LogP contribution in [0.25, 0.3) is 0 Å². The first-order chi connectivity index (χ1) is 12.1. The number of carbonyl (C=O) groups excluding carboxylic acids is 1. The molecule has 25 heavy (non-hydrogen) atoms. The van der Waals surface area contributed by atoms with Crippen molar-refractivity contribution in [3.05, 3.63) is 64.8 Å².